The Morgan fingerprint density at radius 2 is 1.35 bits per heavy atom. The van der Waals surface area contributed by atoms with Gasteiger partial charge >= 0.3 is 0 Å². The Hall–Kier alpha value is -2.96. The first-order valence-electron chi connectivity index (χ1n) is 14.3. The number of hydrogen-bond acceptors (Lipinski definition) is 2. The van der Waals surface area contributed by atoms with Crippen LogP contribution < -0.4 is 0 Å². The minimum atomic E-state index is -1.01. The number of allylic oxidation sites excluding steroid dienone is 1. The molecule has 1 aliphatic heterocycles. The van der Waals surface area contributed by atoms with Gasteiger partial charge in [-0.3, -0.25) is 0 Å². The van der Waals surface area contributed by atoms with Crippen molar-refractivity contribution in [2.75, 3.05) is 13.2 Å². The molecule has 0 aromatic heterocycles. The minimum absolute atomic E-state index is 0.0319. The third kappa shape index (κ3) is 7.21. The first-order chi connectivity index (χ1) is 19.4. The Kier molecular flexibility index (Phi) is 11.0. The van der Waals surface area contributed by atoms with Gasteiger partial charge in [0.15, 0.2) is 29.6 Å². The second-order valence-corrected chi connectivity index (χ2v) is 10.6. The highest BCUT2D eigenvalue weighted by Gasteiger charge is 2.28. The summed E-state index contributed by atoms with van der Waals surface area (Å²) in [7, 11) is 0. The number of ether oxygens (including phenoxy) is 2. The van der Waals surface area contributed by atoms with Crippen LogP contribution in [0.15, 0.2) is 61.2 Å². The molecule has 0 bridgehead atoms. The Bertz CT molecular complexity index is 1260. The van der Waals surface area contributed by atoms with Gasteiger partial charge < -0.3 is 9.47 Å². The zero-order valence-electron chi connectivity index (χ0n) is 23.2. The molecule has 1 heterocycles. The average molecular weight is 555 g/mol. The fourth-order valence-electron chi connectivity index (χ4n) is 5.16. The van der Waals surface area contributed by atoms with Crippen molar-refractivity contribution in [2.24, 2.45) is 5.92 Å². The van der Waals surface area contributed by atoms with Crippen molar-refractivity contribution in [3.8, 4) is 22.3 Å². The topological polar surface area (TPSA) is 18.5 Å². The highest BCUT2D eigenvalue weighted by atomic mass is 19.2. The molecule has 0 unspecified atom stereocenters. The van der Waals surface area contributed by atoms with Crippen LogP contribution in [-0.4, -0.2) is 13.2 Å². The minimum Gasteiger partial charge on any atom is -0.348 e. The van der Waals surface area contributed by atoms with E-state index in [9.17, 15) is 8.78 Å². The highest BCUT2D eigenvalue weighted by molar-refractivity contribution is 5.71. The van der Waals surface area contributed by atoms with Gasteiger partial charge in [-0.05, 0) is 48.8 Å². The van der Waals surface area contributed by atoms with E-state index in [-0.39, 0.29) is 22.6 Å². The fourth-order valence-corrected chi connectivity index (χ4v) is 5.16. The van der Waals surface area contributed by atoms with Crippen LogP contribution in [-0.2, 0) is 15.9 Å². The summed E-state index contributed by atoms with van der Waals surface area (Å²) in [4.78, 5) is 0. The third-order valence-corrected chi connectivity index (χ3v) is 7.57. The quantitative estimate of drug-likeness (QED) is 0.119. The molecule has 1 saturated heterocycles. The summed E-state index contributed by atoms with van der Waals surface area (Å²) in [5, 5.41) is 0. The summed E-state index contributed by atoms with van der Waals surface area (Å²) < 4.78 is 71.3. The molecular formula is C34H38F4O2. The molecule has 0 aliphatic carbocycles. The first kappa shape index (κ1) is 30.0. The van der Waals surface area contributed by atoms with Gasteiger partial charge in [0.1, 0.15) is 0 Å². The second kappa shape index (κ2) is 14.6. The van der Waals surface area contributed by atoms with E-state index in [1.54, 1.807) is 36.4 Å². The van der Waals surface area contributed by atoms with Gasteiger partial charge in [0.05, 0.1) is 13.2 Å². The number of benzene rings is 3. The number of hydrogen-bond donors (Lipinski definition) is 0. The lowest BCUT2D eigenvalue weighted by Crippen LogP contribution is -2.27. The van der Waals surface area contributed by atoms with Crippen LogP contribution in [0, 0.1) is 29.2 Å². The molecule has 3 aromatic carbocycles. The van der Waals surface area contributed by atoms with Crippen LogP contribution in [0.1, 0.15) is 75.7 Å². The maximum Gasteiger partial charge on any atom is 0.186 e. The summed E-state index contributed by atoms with van der Waals surface area (Å²) in [5.74, 6) is -3.51. The predicted octanol–water partition coefficient (Wildman–Crippen LogP) is 10.1. The Balaban J connectivity index is 1.43. The lowest BCUT2D eigenvalue weighted by molar-refractivity contribution is -0.207. The number of aryl methyl sites for hydroxylation is 1. The van der Waals surface area contributed by atoms with E-state index in [1.807, 2.05) is 6.08 Å². The molecule has 3 aromatic rings. The second-order valence-electron chi connectivity index (χ2n) is 10.6. The smallest absolute Gasteiger partial charge is 0.186 e. The zero-order chi connectivity index (χ0) is 28.5. The Morgan fingerprint density at radius 3 is 1.98 bits per heavy atom. The van der Waals surface area contributed by atoms with Crippen LogP contribution in [0.4, 0.5) is 17.6 Å². The molecule has 6 heteroatoms. The van der Waals surface area contributed by atoms with Gasteiger partial charge in [-0.2, -0.15) is 0 Å². The first-order valence-corrected chi connectivity index (χ1v) is 14.3. The molecule has 0 spiro atoms. The number of halogens is 4. The van der Waals surface area contributed by atoms with E-state index < -0.39 is 29.6 Å². The van der Waals surface area contributed by atoms with Crippen molar-refractivity contribution in [3.63, 3.8) is 0 Å². The molecule has 40 heavy (non-hydrogen) atoms. The van der Waals surface area contributed by atoms with Crippen LogP contribution in [0.2, 0.25) is 0 Å². The van der Waals surface area contributed by atoms with Crippen molar-refractivity contribution in [1.29, 1.82) is 0 Å². The Morgan fingerprint density at radius 1 is 0.725 bits per heavy atom. The molecule has 2 nitrogen and oxygen atoms in total. The maximum absolute atomic E-state index is 15.2. The summed E-state index contributed by atoms with van der Waals surface area (Å²) in [5.41, 5.74) is 1.43. The molecule has 0 radical (unpaired) electrons. The monoisotopic (exact) mass is 554 g/mol. The average Bonchev–Trinajstić information content (AvgIpc) is 2.98. The van der Waals surface area contributed by atoms with Gasteiger partial charge in [-0.15, -0.1) is 6.58 Å². The van der Waals surface area contributed by atoms with Crippen LogP contribution in [0.3, 0.4) is 0 Å². The summed E-state index contributed by atoms with van der Waals surface area (Å²) in [6.45, 7) is 6.74. The maximum atomic E-state index is 15.2. The predicted molar refractivity (Wildman–Crippen MR) is 152 cm³/mol. The summed E-state index contributed by atoms with van der Waals surface area (Å²) in [6.07, 6.45) is 9.42. The summed E-state index contributed by atoms with van der Waals surface area (Å²) >= 11 is 0. The number of rotatable bonds is 13. The molecule has 214 valence electrons. The lowest BCUT2D eigenvalue weighted by Gasteiger charge is -2.30. The van der Waals surface area contributed by atoms with E-state index in [1.165, 1.54) is 31.4 Å². The molecule has 0 amide bonds. The lowest BCUT2D eigenvalue weighted by atomic mass is 9.96. The molecule has 0 N–H and O–H groups in total. The van der Waals surface area contributed by atoms with Crippen molar-refractivity contribution >= 4 is 0 Å². The molecule has 1 aliphatic rings. The molecule has 0 atom stereocenters. The van der Waals surface area contributed by atoms with Gasteiger partial charge in [0, 0.05) is 22.6 Å². The number of unbranched alkanes of at least 4 members (excludes halogenated alkanes) is 5. The van der Waals surface area contributed by atoms with Crippen molar-refractivity contribution in [2.45, 2.75) is 71.0 Å². The van der Waals surface area contributed by atoms with E-state index >= 15 is 8.78 Å². The van der Waals surface area contributed by atoms with Gasteiger partial charge in [0.25, 0.3) is 0 Å². The van der Waals surface area contributed by atoms with E-state index in [0.717, 1.165) is 32.1 Å². The molecule has 4 rings (SSSR count). The van der Waals surface area contributed by atoms with E-state index in [0.29, 0.717) is 36.3 Å². The Labute approximate surface area is 235 Å². The van der Waals surface area contributed by atoms with Crippen LogP contribution >= 0.6 is 0 Å². The highest BCUT2D eigenvalue weighted by Crippen LogP contribution is 2.35. The summed E-state index contributed by atoms with van der Waals surface area (Å²) in [6, 6.07) is 12.4. The van der Waals surface area contributed by atoms with Crippen molar-refractivity contribution in [1.82, 2.24) is 0 Å². The standard InChI is InChI=1S/C34H38F4O2/c1-3-5-7-9-11-23-21-39-34(40-22-23)29-20-19-28(32(37)33(29)38)25-15-13-24(14-16-25)27-18-17-26(30(35)31(27)36)12-10-8-6-4-2/h4,13-20,23,34H,2-3,5-12,21-22H2,1H3. The molecular weight excluding hydrogens is 516 g/mol. The van der Waals surface area contributed by atoms with Crippen LogP contribution in [0.25, 0.3) is 22.3 Å². The molecule has 1 fully saturated rings. The fraction of sp³-hybridized carbons (Fsp3) is 0.412. The SMILES string of the molecule is C=CCCCCc1ccc(-c2ccc(-c3ccc(C4OCC(CCCCCC)CO4)c(F)c3F)cc2)c(F)c1F. The zero-order valence-corrected chi connectivity index (χ0v) is 23.2. The van der Waals surface area contributed by atoms with Gasteiger partial charge in [-0.25, -0.2) is 17.6 Å². The van der Waals surface area contributed by atoms with E-state index in [4.69, 9.17) is 9.47 Å². The van der Waals surface area contributed by atoms with E-state index in [2.05, 4.69) is 13.5 Å². The van der Waals surface area contributed by atoms with Crippen molar-refractivity contribution in [3.05, 3.63) is 95.6 Å². The molecule has 0 saturated carbocycles. The van der Waals surface area contributed by atoms with Gasteiger partial charge in [-0.1, -0.05) is 87.2 Å². The largest absolute Gasteiger partial charge is 0.348 e. The normalized spacial score (nSPS) is 17.2. The van der Waals surface area contributed by atoms with Crippen LogP contribution in [0.5, 0.6) is 0 Å². The third-order valence-electron chi connectivity index (χ3n) is 7.57. The van der Waals surface area contributed by atoms with Gasteiger partial charge in [0.2, 0.25) is 0 Å². The van der Waals surface area contributed by atoms with Crippen molar-refractivity contribution < 1.29 is 27.0 Å².